The van der Waals surface area contributed by atoms with E-state index in [1.165, 1.54) is 19.4 Å². The van der Waals surface area contributed by atoms with E-state index < -0.39 is 0 Å². The quantitative estimate of drug-likeness (QED) is 0.834. The molecule has 1 aromatic heterocycles. The molecular formula is C13H21N3O. The molecule has 94 valence electrons. The van der Waals surface area contributed by atoms with Crippen molar-refractivity contribution >= 4 is 0 Å². The van der Waals surface area contributed by atoms with Gasteiger partial charge in [-0.05, 0) is 32.5 Å². The number of hydrogen-bond donors (Lipinski definition) is 1. The molecule has 0 aromatic carbocycles. The lowest BCUT2D eigenvalue weighted by Gasteiger charge is -2.19. The molecule has 0 spiro atoms. The number of rotatable bonds is 5. The van der Waals surface area contributed by atoms with Crippen molar-refractivity contribution in [1.29, 1.82) is 0 Å². The van der Waals surface area contributed by atoms with Crippen molar-refractivity contribution in [3.05, 3.63) is 23.9 Å². The van der Waals surface area contributed by atoms with Crippen LogP contribution >= 0.6 is 0 Å². The average molecular weight is 235 g/mol. The first kappa shape index (κ1) is 12.3. The molecule has 4 heteroatoms. The molecule has 0 radical (unpaired) electrons. The molecule has 1 fully saturated rings. The fourth-order valence-corrected chi connectivity index (χ4v) is 2.35. The van der Waals surface area contributed by atoms with Crippen LogP contribution in [0.25, 0.3) is 0 Å². The highest BCUT2D eigenvalue weighted by atomic mass is 16.5. The number of nitrogens with one attached hydrogen (secondary N) is 1. The number of likely N-dealkylation sites (tertiary alicyclic amines) is 1. The molecule has 2 rings (SSSR count). The molecule has 0 aliphatic carbocycles. The van der Waals surface area contributed by atoms with Gasteiger partial charge in [-0.15, -0.1) is 0 Å². The zero-order chi connectivity index (χ0) is 12.1. The third-order valence-electron chi connectivity index (χ3n) is 3.41. The summed E-state index contributed by atoms with van der Waals surface area (Å²) < 4.78 is 5.23. The van der Waals surface area contributed by atoms with Gasteiger partial charge < -0.3 is 15.0 Å². The summed E-state index contributed by atoms with van der Waals surface area (Å²) >= 11 is 0. The smallest absolute Gasteiger partial charge is 0.217 e. The van der Waals surface area contributed by atoms with E-state index >= 15 is 0 Å². The number of likely N-dealkylation sites (N-methyl/N-ethyl adjacent to an activating group) is 1. The number of methoxy groups -OCH3 is 1. The van der Waals surface area contributed by atoms with E-state index in [4.69, 9.17) is 4.74 Å². The Morgan fingerprint density at radius 1 is 1.59 bits per heavy atom. The van der Waals surface area contributed by atoms with Crippen molar-refractivity contribution < 1.29 is 4.74 Å². The van der Waals surface area contributed by atoms with Gasteiger partial charge in [0.1, 0.15) is 0 Å². The first-order chi connectivity index (χ1) is 8.31. The fraction of sp³-hybridized carbons (Fsp3) is 0.615. The first-order valence-corrected chi connectivity index (χ1v) is 6.20. The van der Waals surface area contributed by atoms with Crippen molar-refractivity contribution in [3.8, 4) is 5.88 Å². The molecular weight excluding hydrogens is 214 g/mol. The minimum absolute atomic E-state index is 0.678. The standard InChI is InChI=1S/C13H21N3O/c1-16-8-4-6-12(16)10-14-9-11-5-3-7-15-13(11)17-2/h3,5,7,12,14H,4,6,8-10H2,1-2H3. The number of ether oxygens (including phenoxy) is 1. The predicted molar refractivity (Wildman–Crippen MR) is 68.1 cm³/mol. The van der Waals surface area contributed by atoms with Gasteiger partial charge in [-0.25, -0.2) is 4.98 Å². The van der Waals surface area contributed by atoms with Gasteiger partial charge in [0.05, 0.1) is 7.11 Å². The summed E-state index contributed by atoms with van der Waals surface area (Å²) in [6.07, 6.45) is 4.37. The van der Waals surface area contributed by atoms with E-state index in [1.54, 1.807) is 13.3 Å². The van der Waals surface area contributed by atoms with E-state index in [0.29, 0.717) is 6.04 Å². The van der Waals surface area contributed by atoms with Crippen molar-refractivity contribution in [2.75, 3.05) is 27.2 Å². The Bertz CT molecular complexity index is 356. The van der Waals surface area contributed by atoms with E-state index in [9.17, 15) is 0 Å². The third kappa shape index (κ3) is 3.17. The van der Waals surface area contributed by atoms with Crippen LogP contribution in [0, 0.1) is 0 Å². The van der Waals surface area contributed by atoms with Gasteiger partial charge in [-0.1, -0.05) is 6.07 Å². The molecule has 1 unspecified atom stereocenters. The summed E-state index contributed by atoms with van der Waals surface area (Å²) in [5.74, 6) is 0.722. The Kier molecular flexibility index (Phi) is 4.34. The fourth-order valence-electron chi connectivity index (χ4n) is 2.35. The maximum atomic E-state index is 5.23. The van der Waals surface area contributed by atoms with E-state index in [2.05, 4.69) is 28.3 Å². The molecule has 1 atom stereocenters. The maximum Gasteiger partial charge on any atom is 0.217 e. The summed E-state index contributed by atoms with van der Waals surface area (Å²) in [4.78, 5) is 6.61. The van der Waals surface area contributed by atoms with Gasteiger partial charge >= 0.3 is 0 Å². The van der Waals surface area contributed by atoms with Crippen LogP contribution in [0.2, 0.25) is 0 Å². The van der Waals surface area contributed by atoms with Crippen LogP contribution in [0.5, 0.6) is 5.88 Å². The molecule has 1 aliphatic rings. The Balaban J connectivity index is 1.81. The molecule has 1 aromatic rings. The normalized spacial score (nSPS) is 20.7. The lowest BCUT2D eigenvalue weighted by Crippen LogP contribution is -2.35. The third-order valence-corrected chi connectivity index (χ3v) is 3.41. The van der Waals surface area contributed by atoms with Crippen LogP contribution in [0.4, 0.5) is 0 Å². The van der Waals surface area contributed by atoms with Gasteiger partial charge in [-0.2, -0.15) is 0 Å². The van der Waals surface area contributed by atoms with Crippen molar-refractivity contribution in [3.63, 3.8) is 0 Å². The minimum Gasteiger partial charge on any atom is -0.481 e. The van der Waals surface area contributed by atoms with Gasteiger partial charge in [0.25, 0.3) is 0 Å². The maximum absolute atomic E-state index is 5.23. The molecule has 0 saturated carbocycles. The molecule has 4 nitrogen and oxygen atoms in total. The highest BCUT2D eigenvalue weighted by molar-refractivity contribution is 5.24. The SMILES string of the molecule is COc1ncccc1CNCC1CCCN1C. The Hall–Kier alpha value is -1.13. The van der Waals surface area contributed by atoms with Crippen LogP contribution < -0.4 is 10.1 Å². The summed E-state index contributed by atoms with van der Waals surface area (Å²) in [5.41, 5.74) is 1.12. The van der Waals surface area contributed by atoms with Crippen molar-refractivity contribution in [1.82, 2.24) is 15.2 Å². The molecule has 1 saturated heterocycles. The van der Waals surface area contributed by atoms with Gasteiger partial charge in [0, 0.05) is 30.9 Å². The van der Waals surface area contributed by atoms with Crippen molar-refractivity contribution in [2.24, 2.45) is 0 Å². The van der Waals surface area contributed by atoms with E-state index in [1.807, 2.05) is 6.07 Å². The Morgan fingerprint density at radius 3 is 3.18 bits per heavy atom. The van der Waals surface area contributed by atoms with Gasteiger partial charge in [0.2, 0.25) is 5.88 Å². The lowest BCUT2D eigenvalue weighted by atomic mass is 10.2. The summed E-state index contributed by atoms with van der Waals surface area (Å²) in [6.45, 7) is 3.08. The zero-order valence-corrected chi connectivity index (χ0v) is 10.6. The zero-order valence-electron chi connectivity index (χ0n) is 10.6. The highest BCUT2D eigenvalue weighted by Crippen LogP contribution is 2.15. The number of nitrogens with zero attached hydrogens (tertiary/aromatic N) is 2. The molecule has 1 aliphatic heterocycles. The van der Waals surface area contributed by atoms with Crippen LogP contribution in [-0.2, 0) is 6.54 Å². The highest BCUT2D eigenvalue weighted by Gasteiger charge is 2.19. The summed E-state index contributed by atoms with van der Waals surface area (Å²) in [5, 5.41) is 3.49. The second-order valence-corrected chi connectivity index (χ2v) is 4.58. The minimum atomic E-state index is 0.678. The largest absolute Gasteiger partial charge is 0.481 e. The molecule has 17 heavy (non-hydrogen) atoms. The van der Waals surface area contributed by atoms with Crippen LogP contribution in [-0.4, -0.2) is 43.2 Å². The summed E-state index contributed by atoms with van der Waals surface area (Å²) in [7, 11) is 3.86. The topological polar surface area (TPSA) is 37.4 Å². The molecule has 2 heterocycles. The number of pyridine rings is 1. The average Bonchev–Trinajstić information content (AvgIpc) is 2.76. The predicted octanol–water partition coefficient (Wildman–Crippen LogP) is 1.27. The van der Waals surface area contributed by atoms with Crippen molar-refractivity contribution in [2.45, 2.75) is 25.4 Å². The molecule has 1 N–H and O–H groups in total. The molecule has 0 amide bonds. The van der Waals surface area contributed by atoms with E-state index in [0.717, 1.165) is 24.5 Å². The second-order valence-electron chi connectivity index (χ2n) is 4.58. The first-order valence-electron chi connectivity index (χ1n) is 6.20. The lowest BCUT2D eigenvalue weighted by molar-refractivity contribution is 0.299. The monoisotopic (exact) mass is 235 g/mol. The Labute approximate surface area is 103 Å². The van der Waals surface area contributed by atoms with Crippen LogP contribution in [0.1, 0.15) is 18.4 Å². The molecule has 0 bridgehead atoms. The van der Waals surface area contributed by atoms with Crippen LogP contribution in [0.3, 0.4) is 0 Å². The van der Waals surface area contributed by atoms with Crippen LogP contribution in [0.15, 0.2) is 18.3 Å². The number of aromatic nitrogens is 1. The van der Waals surface area contributed by atoms with E-state index in [-0.39, 0.29) is 0 Å². The Morgan fingerprint density at radius 2 is 2.47 bits per heavy atom. The number of hydrogen-bond acceptors (Lipinski definition) is 4. The summed E-state index contributed by atoms with van der Waals surface area (Å²) in [6, 6.07) is 4.68. The van der Waals surface area contributed by atoms with Gasteiger partial charge in [-0.3, -0.25) is 0 Å². The second kappa shape index (κ2) is 5.98. The van der Waals surface area contributed by atoms with Gasteiger partial charge in [0.15, 0.2) is 0 Å².